The van der Waals surface area contributed by atoms with Gasteiger partial charge in [-0.3, -0.25) is 0 Å². The van der Waals surface area contributed by atoms with Crippen LogP contribution in [-0.4, -0.2) is 24.2 Å². The van der Waals surface area contributed by atoms with Gasteiger partial charge in [-0.2, -0.15) is 0 Å². The van der Waals surface area contributed by atoms with Crippen LogP contribution in [0.5, 0.6) is 0 Å². The Kier molecular flexibility index (Phi) is 2.91. The normalized spacial score (nSPS) is 32.4. The molecule has 80 valence electrons. The van der Waals surface area contributed by atoms with Crippen LogP contribution in [0.3, 0.4) is 0 Å². The number of urea groups is 1. The fourth-order valence-electron chi connectivity index (χ4n) is 2.02. The molecule has 2 atom stereocenters. The summed E-state index contributed by atoms with van der Waals surface area (Å²) in [5.41, 5.74) is 5.61. The molecule has 0 aromatic rings. The van der Waals surface area contributed by atoms with E-state index >= 15 is 0 Å². The van der Waals surface area contributed by atoms with Crippen molar-refractivity contribution in [3.8, 4) is 0 Å². The topological polar surface area (TPSA) is 67.1 Å². The van der Waals surface area contributed by atoms with Gasteiger partial charge >= 0.3 is 6.03 Å². The van der Waals surface area contributed by atoms with E-state index in [1.807, 2.05) is 0 Å². The van der Waals surface area contributed by atoms with E-state index in [-0.39, 0.29) is 18.1 Å². The first kappa shape index (κ1) is 9.77. The fraction of sp³-hybridized carbons (Fsp3) is 0.900. The summed E-state index contributed by atoms with van der Waals surface area (Å²) in [6.07, 6.45) is 6.99. The minimum absolute atomic E-state index is 0.0325. The van der Waals surface area contributed by atoms with Gasteiger partial charge in [-0.25, -0.2) is 4.79 Å². The summed E-state index contributed by atoms with van der Waals surface area (Å²) in [4.78, 5) is 11.4. The van der Waals surface area contributed by atoms with Gasteiger partial charge in [0.15, 0.2) is 0 Å². The Morgan fingerprint density at radius 3 is 2.36 bits per heavy atom. The molecule has 14 heavy (non-hydrogen) atoms. The van der Waals surface area contributed by atoms with Crippen LogP contribution in [0.4, 0.5) is 4.79 Å². The molecule has 0 aromatic carbocycles. The van der Waals surface area contributed by atoms with Crippen molar-refractivity contribution in [1.82, 2.24) is 10.6 Å². The number of carbonyl (C=O) groups is 1. The maximum absolute atomic E-state index is 11.4. The summed E-state index contributed by atoms with van der Waals surface area (Å²) in [5.74, 6) is 0. The summed E-state index contributed by atoms with van der Waals surface area (Å²) >= 11 is 0. The van der Waals surface area contributed by atoms with Gasteiger partial charge < -0.3 is 16.4 Å². The molecule has 4 heteroatoms. The lowest BCUT2D eigenvalue weighted by molar-refractivity contribution is 0.232. The summed E-state index contributed by atoms with van der Waals surface area (Å²) in [6.45, 7) is 0. The minimum atomic E-state index is -0.0325. The van der Waals surface area contributed by atoms with Crippen LogP contribution in [0, 0.1) is 0 Å². The van der Waals surface area contributed by atoms with Crippen molar-refractivity contribution in [2.45, 2.75) is 56.7 Å². The van der Waals surface area contributed by atoms with Crippen LogP contribution in [0.1, 0.15) is 38.5 Å². The molecule has 2 rings (SSSR count). The van der Waals surface area contributed by atoms with Crippen LogP contribution in [-0.2, 0) is 0 Å². The molecule has 2 fully saturated rings. The van der Waals surface area contributed by atoms with E-state index in [1.165, 1.54) is 19.3 Å². The molecule has 0 aromatic heterocycles. The zero-order valence-corrected chi connectivity index (χ0v) is 8.46. The number of amides is 2. The van der Waals surface area contributed by atoms with Crippen LogP contribution < -0.4 is 16.4 Å². The largest absolute Gasteiger partial charge is 0.335 e. The first-order valence-electron chi connectivity index (χ1n) is 5.58. The molecule has 0 heterocycles. The quantitative estimate of drug-likeness (QED) is 0.610. The molecule has 4 N–H and O–H groups in total. The Balaban J connectivity index is 1.65. The van der Waals surface area contributed by atoms with Crippen LogP contribution in [0.25, 0.3) is 0 Å². The number of hydrogen-bond donors (Lipinski definition) is 3. The highest BCUT2D eigenvalue weighted by atomic mass is 16.2. The average Bonchev–Trinajstić information content (AvgIpc) is 2.83. The number of hydrogen-bond acceptors (Lipinski definition) is 2. The van der Waals surface area contributed by atoms with E-state index in [0.717, 1.165) is 19.3 Å². The third kappa shape index (κ3) is 2.61. The minimum Gasteiger partial charge on any atom is -0.335 e. The average molecular weight is 197 g/mol. The second-order valence-corrected chi connectivity index (χ2v) is 4.46. The second kappa shape index (κ2) is 4.17. The lowest BCUT2D eigenvalue weighted by Gasteiger charge is -2.22. The molecule has 2 amide bonds. The molecular weight excluding hydrogens is 178 g/mol. The number of rotatable bonds is 2. The van der Waals surface area contributed by atoms with E-state index in [1.54, 1.807) is 0 Å². The summed E-state index contributed by atoms with van der Waals surface area (Å²) in [6, 6.07) is 0.763. The smallest absolute Gasteiger partial charge is 0.315 e. The van der Waals surface area contributed by atoms with Crippen LogP contribution in [0.2, 0.25) is 0 Å². The SMILES string of the molecule is NC1CC1NC(=O)NC1CCCCC1. The first-order chi connectivity index (χ1) is 6.75. The Labute approximate surface area is 84.6 Å². The van der Waals surface area contributed by atoms with Crippen molar-refractivity contribution in [3.05, 3.63) is 0 Å². The zero-order chi connectivity index (χ0) is 9.97. The molecule has 2 saturated carbocycles. The van der Waals surface area contributed by atoms with Gasteiger partial charge in [0.1, 0.15) is 0 Å². The number of nitrogens with one attached hydrogen (secondary N) is 2. The summed E-state index contributed by atoms with van der Waals surface area (Å²) < 4.78 is 0. The van der Waals surface area contributed by atoms with E-state index in [9.17, 15) is 4.79 Å². The summed E-state index contributed by atoms with van der Waals surface area (Å²) in [5, 5.41) is 5.88. The lowest BCUT2D eigenvalue weighted by Crippen LogP contribution is -2.44. The predicted octanol–water partition coefficient (Wildman–Crippen LogP) is 0.718. The van der Waals surface area contributed by atoms with Crippen LogP contribution >= 0.6 is 0 Å². The van der Waals surface area contributed by atoms with Gasteiger partial charge in [0.05, 0.1) is 0 Å². The van der Waals surface area contributed by atoms with E-state index in [4.69, 9.17) is 5.73 Å². The molecule has 2 unspecified atom stereocenters. The van der Waals surface area contributed by atoms with Gasteiger partial charge in [0.2, 0.25) is 0 Å². The fourth-order valence-corrected chi connectivity index (χ4v) is 2.02. The van der Waals surface area contributed by atoms with Gasteiger partial charge in [0.25, 0.3) is 0 Å². The van der Waals surface area contributed by atoms with Crippen molar-refractivity contribution >= 4 is 6.03 Å². The molecule has 0 saturated heterocycles. The van der Waals surface area contributed by atoms with Crippen LogP contribution in [0.15, 0.2) is 0 Å². The third-order valence-corrected chi connectivity index (χ3v) is 3.10. The third-order valence-electron chi connectivity index (χ3n) is 3.10. The standard InChI is InChI=1S/C10H19N3O/c11-8-6-9(8)13-10(14)12-7-4-2-1-3-5-7/h7-9H,1-6,11H2,(H2,12,13,14). The Bertz CT molecular complexity index is 213. The van der Waals surface area contributed by atoms with Crippen molar-refractivity contribution in [2.24, 2.45) is 5.73 Å². The van der Waals surface area contributed by atoms with Gasteiger partial charge in [0, 0.05) is 18.1 Å². The van der Waals surface area contributed by atoms with E-state index < -0.39 is 0 Å². The highest BCUT2D eigenvalue weighted by Gasteiger charge is 2.35. The first-order valence-corrected chi connectivity index (χ1v) is 5.58. The summed E-state index contributed by atoms with van der Waals surface area (Å²) in [7, 11) is 0. The molecule has 0 aliphatic heterocycles. The Morgan fingerprint density at radius 2 is 1.79 bits per heavy atom. The van der Waals surface area contributed by atoms with E-state index in [0.29, 0.717) is 6.04 Å². The zero-order valence-electron chi connectivity index (χ0n) is 8.46. The molecule has 0 spiro atoms. The molecule has 0 radical (unpaired) electrons. The van der Waals surface area contributed by atoms with Gasteiger partial charge in [-0.1, -0.05) is 19.3 Å². The predicted molar refractivity (Wildman–Crippen MR) is 54.9 cm³/mol. The van der Waals surface area contributed by atoms with Crippen molar-refractivity contribution in [3.63, 3.8) is 0 Å². The Morgan fingerprint density at radius 1 is 1.14 bits per heavy atom. The Hall–Kier alpha value is -0.770. The maximum Gasteiger partial charge on any atom is 0.315 e. The molecular formula is C10H19N3O. The van der Waals surface area contributed by atoms with E-state index in [2.05, 4.69) is 10.6 Å². The van der Waals surface area contributed by atoms with Gasteiger partial charge in [-0.05, 0) is 19.3 Å². The molecule has 2 aliphatic rings. The van der Waals surface area contributed by atoms with Crippen molar-refractivity contribution in [2.75, 3.05) is 0 Å². The number of nitrogens with two attached hydrogens (primary N) is 1. The number of carbonyl (C=O) groups excluding carboxylic acids is 1. The van der Waals surface area contributed by atoms with Crippen molar-refractivity contribution in [1.29, 1.82) is 0 Å². The molecule has 4 nitrogen and oxygen atoms in total. The molecule has 2 aliphatic carbocycles. The van der Waals surface area contributed by atoms with Gasteiger partial charge in [-0.15, -0.1) is 0 Å². The lowest BCUT2D eigenvalue weighted by atomic mass is 9.96. The highest BCUT2D eigenvalue weighted by molar-refractivity contribution is 5.75. The maximum atomic E-state index is 11.4. The second-order valence-electron chi connectivity index (χ2n) is 4.46. The monoisotopic (exact) mass is 197 g/mol. The molecule has 0 bridgehead atoms. The highest BCUT2D eigenvalue weighted by Crippen LogP contribution is 2.19. The van der Waals surface area contributed by atoms with Crippen molar-refractivity contribution < 1.29 is 4.79 Å².